The molecule has 150 valence electrons. The van der Waals surface area contributed by atoms with Crippen LogP contribution in [-0.2, 0) is 24.2 Å². The molecule has 1 N–H and O–H groups in total. The Hall–Kier alpha value is -1.61. The van der Waals surface area contributed by atoms with Gasteiger partial charge in [0.05, 0.1) is 22.1 Å². The molecule has 0 spiro atoms. The molecule has 0 aromatic heterocycles. The number of sulfone groups is 1. The monoisotopic (exact) mass is 507 g/mol. The number of rotatable bonds is 7. The maximum atomic E-state index is 12.2. The van der Waals surface area contributed by atoms with Gasteiger partial charge in [0, 0.05) is 15.2 Å². The first-order chi connectivity index (χ1) is 13.1. The SMILES string of the molecule is Cc1c(NC(=O)COC(=O)CCS(=O)(=O)c2ccc(Cl)cc2)ccc(Br)c1Cl. The lowest BCUT2D eigenvalue weighted by Crippen LogP contribution is -2.22. The highest BCUT2D eigenvalue weighted by Gasteiger charge is 2.18. The third-order valence-electron chi connectivity index (χ3n) is 3.73. The molecule has 0 aliphatic heterocycles. The van der Waals surface area contributed by atoms with Crippen LogP contribution in [0.25, 0.3) is 0 Å². The van der Waals surface area contributed by atoms with Gasteiger partial charge >= 0.3 is 5.97 Å². The number of hydrogen-bond donors (Lipinski definition) is 1. The number of benzene rings is 2. The fourth-order valence-electron chi connectivity index (χ4n) is 2.17. The van der Waals surface area contributed by atoms with Crippen molar-refractivity contribution in [3.8, 4) is 0 Å². The summed E-state index contributed by atoms with van der Waals surface area (Å²) in [6, 6.07) is 8.97. The summed E-state index contributed by atoms with van der Waals surface area (Å²) in [6.45, 7) is 1.20. The topological polar surface area (TPSA) is 89.5 Å². The third kappa shape index (κ3) is 6.20. The Morgan fingerprint density at radius 1 is 1.11 bits per heavy atom. The number of carbonyl (C=O) groups is 2. The van der Waals surface area contributed by atoms with Crippen LogP contribution in [0.4, 0.5) is 5.69 Å². The van der Waals surface area contributed by atoms with E-state index in [9.17, 15) is 18.0 Å². The second-order valence-electron chi connectivity index (χ2n) is 5.77. The molecule has 0 bridgehead atoms. The maximum Gasteiger partial charge on any atom is 0.307 e. The zero-order chi connectivity index (χ0) is 20.9. The van der Waals surface area contributed by atoms with E-state index >= 15 is 0 Å². The first-order valence-electron chi connectivity index (χ1n) is 7.98. The molecule has 0 radical (unpaired) electrons. The van der Waals surface area contributed by atoms with E-state index in [1.54, 1.807) is 19.1 Å². The molecular weight excluding hydrogens is 493 g/mol. The standard InChI is InChI=1S/C18H16BrCl2NO5S/c1-11-15(7-6-14(19)18(11)21)22-16(23)10-27-17(24)8-9-28(25,26)13-4-2-12(20)3-5-13/h2-7H,8-10H2,1H3,(H,22,23). The average Bonchev–Trinajstić information content (AvgIpc) is 2.65. The van der Waals surface area contributed by atoms with Gasteiger partial charge in [-0.05, 0) is 64.8 Å². The Labute approximate surface area is 181 Å². The van der Waals surface area contributed by atoms with Crippen LogP contribution in [0, 0.1) is 6.92 Å². The predicted octanol–water partition coefficient (Wildman–Crippen LogP) is 4.41. The van der Waals surface area contributed by atoms with Crippen molar-refractivity contribution in [2.24, 2.45) is 0 Å². The van der Waals surface area contributed by atoms with Crippen molar-refractivity contribution < 1.29 is 22.7 Å². The largest absolute Gasteiger partial charge is 0.456 e. The van der Waals surface area contributed by atoms with Gasteiger partial charge in [-0.3, -0.25) is 9.59 Å². The summed E-state index contributed by atoms with van der Waals surface area (Å²) in [5.74, 6) is -1.79. The Morgan fingerprint density at radius 2 is 1.75 bits per heavy atom. The van der Waals surface area contributed by atoms with Gasteiger partial charge in [-0.15, -0.1) is 0 Å². The van der Waals surface area contributed by atoms with E-state index in [1.165, 1.54) is 24.3 Å². The fourth-order valence-corrected chi connectivity index (χ4v) is 4.11. The van der Waals surface area contributed by atoms with E-state index in [1.807, 2.05) is 0 Å². The first-order valence-corrected chi connectivity index (χ1v) is 11.2. The fraction of sp³-hybridized carbons (Fsp3) is 0.222. The highest BCUT2D eigenvalue weighted by atomic mass is 79.9. The zero-order valence-corrected chi connectivity index (χ0v) is 18.6. The number of esters is 1. The minimum absolute atomic E-state index is 0.0602. The summed E-state index contributed by atoms with van der Waals surface area (Å²) in [5, 5.41) is 3.45. The van der Waals surface area contributed by atoms with Gasteiger partial charge in [0.25, 0.3) is 5.91 Å². The Balaban J connectivity index is 1.84. The number of carbonyl (C=O) groups excluding carboxylic acids is 2. The molecular formula is C18H16BrCl2NO5S. The van der Waals surface area contributed by atoms with Crippen molar-refractivity contribution in [1.29, 1.82) is 0 Å². The van der Waals surface area contributed by atoms with E-state index in [2.05, 4.69) is 21.2 Å². The van der Waals surface area contributed by atoms with Crippen molar-refractivity contribution in [2.45, 2.75) is 18.2 Å². The molecule has 6 nitrogen and oxygen atoms in total. The highest BCUT2D eigenvalue weighted by Crippen LogP contribution is 2.30. The van der Waals surface area contributed by atoms with Gasteiger partial charge in [0.2, 0.25) is 0 Å². The summed E-state index contributed by atoms with van der Waals surface area (Å²) < 4.78 is 29.9. The van der Waals surface area contributed by atoms with E-state index in [0.29, 0.717) is 25.8 Å². The van der Waals surface area contributed by atoms with E-state index < -0.39 is 34.1 Å². The van der Waals surface area contributed by atoms with Crippen LogP contribution in [0.1, 0.15) is 12.0 Å². The van der Waals surface area contributed by atoms with Crippen LogP contribution in [0.3, 0.4) is 0 Å². The summed E-state index contributed by atoms with van der Waals surface area (Å²) in [4.78, 5) is 23.8. The van der Waals surface area contributed by atoms with Crippen LogP contribution >= 0.6 is 39.1 Å². The molecule has 2 aromatic carbocycles. The van der Waals surface area contributed by atoms with Crippen molar-refractivity contribution in [2.75, 3.05) is 17.7 Å². The molecule has 2 rings (SSSR count). The van der Waals surface area contributed by atoms with Gasteiger partial charge in [-0.25, -0.2) is 8.42 Å². The van der Waals surface area contributed by atoms with Crippen LogP contribution in [0.5, 0.6) is 0 Å². The lowest BCUT2D eigenvalue weighted by molar-refractivity contribution is -0.146. The lowest BCUT2D eigenvalue weighted by atomic mass is 10.2. The molecule has 28 heavy (non-hydrogen) atoms. The molecule has 0 saturated carbocycles. The van der Waals surface area contributed by atoms with E-state index in [-0.39, 0.29) is 11.3 Å². The maximum absolute atomic E-state index is 12.2. The molecule has 2 aromatic rings. The minimum Gasteiger partial charge on any atom is -0.456 e. The number of ether oxygens (including phenoxy) is 1. The number of anilines is 1. The molecule has 0 heterocycles. The molecule has 0 fully saturated rings. The second kappa shape index (κ2) is 9.73. The van der Waals surface area contributed by atoms with Gasteiger partial charge in [-0.1, -0.05) is 23.2 Å². The quantitative estimate of drug-likeness (QED) is 0.559. The molecule has 0 aliphatic carbocycles. The lowest BCUT2D eigenvalue weighted by Gasteiger charge is -2.11. The predicted molar refractivity (Wildman–Crippen MR) is 112 cm³/mol. The van der Waals surface area contributed by atoms with Gasteiger partial charge < -0.3 is 10.1 Å². The molecule has 0 saturated heterocycles. The Kier molecular flexibility index (Phi) is 7.88. The minimum atomic E-state index is -3.65. The van der Waals surface area contributed by atoms with E-state index in [0.717, 1.165) is 0 Å². The van der Waals surface area contributed by atoms with Gasteiger partial charge in [-0.2, -0.15) is 0 Å². The van der Waals surface area contributed by atoms with Crippen molar-refractivity contribution in [1.82, 2.24) is 0 Å². The summed E-state index contributed by atoms with van der Waals surface area (Å²) in [6.07, 6.45) is -0.374. The number of hydrogen-bond acceptors (Lipinski definition) is 5. The third-order valence-corrected chi connectivity index (χ3v) is 7.09. The Bertz CT molecular complexity index is 994. The Morgan fingerprint density at radius 3 is 2.39 bits per heavy atom. The van der Waals surface area contributed by atoms with Crippen LogP contribution in [0.2, 0.25) is 10.0 Å². The van der Waals surface area contributed by atoms with Crippen LogP contribution < -0.4 is 5.32 Å². The molecule has 10 heteroatoms. The smallest absolute Gasteiger partial charge is 0.307 e. The van der Waals surface area contributed by atoms with E-state index in [4.69, 9.17) is 27.9 Å². The average molecular weight is 509 g/mol. The van der Waals surface area contributed by atoms with Gasteiger partial charge in [0.1, 0.15) is 0 Å². The molecule has 0 aliphatic rings. The second-order valence-corrected chi connectivity index (χ2v) is 9.54. The number of nitrogens with one attached hydrogen (secondary N) is 1. The molecule has 0 atom stereocenters. The number of halogens is 3. The molecule has 1 amide bonds. The highest BCUT2D eigenvalue weighted by molar-refractivity contribution is 9.10. The summed E-state index contributed by atoms with van der Waals surface area (Å²) in [7, 11) is -3.65. The van der Waals surface area contributed by atoms with Crippen molar-refractivity contribution in [3.05, 3.63) is 56.5 Å². The normalized spacial score (nSPS) is 11.1. The van der Waals surface area contributed by atoms with Crippen molar-refractivity contribution in [3.63, 3.8) is 0 Å². The zero-order valence-electron chi connectivity index (χ0n) is 14.7. The van der Waals surface area contributed by atoms with Gasteiger partial charge in [0.15, 0.2) is 16.4 Å². The summed E-state index contributed by atoms with van der Waals surface area (Å²) in [5.41, 5.74) is 1.14. The van der Waals surface area contributed by atoms with Crippen LogP contribution in [-0.4, -0.2) is 32.7 Å². The van der Waals surface area contributed by atoms with Crippen LogP contribution in [0.15, 0.2) is 45.8 Å². The number of amides is 1. The first kappa shape index (κ1) is 22.7. The molecule has 0 unspecified atom stereocenters. The summed E-state index contributed by atoms with van der Waals surface area (Å²) >= 11 is 15.1. The van der Waals surface area contributed by atoms with Crippen molar-refractivity contribution >= 4 is 66.5 Å².